The lowest BCUT2D eigenvalue weighted by molar-refractivity contribution is -0.136. The molecular formula is C28H20N4O5S3. The zero-order valence-electron chi connectivity index (χ0n) is 20.9. The number of nitrogens with one attached hydrogen (secondary N) is 1. The summed E-state index contributed by atoms with van der Waals surface area (Å²) in [5.74, 6) is -0.669. The summed E-state index contributed by atoms with van der Waals surface area (Å²) in [6.07, 6.45) is -0.827. The summed E-state index contributed by atoms with van der Waals surface area (Å²) in [5.41, 5.74) is 4.09. The molecule has 0 spiro atoms. The van der Waals surface area contributed by atoms with Crippen LogP contribution in [-0.4, -0.2) is 31.7 Å². The van der Waals surface area contributed by atoms with Crippen LogP contribution in [0.4, 0.5) is 10.5 Å². The molecule has 0 aliphatic heterocycles. The number of aryl methyl sites for hydroxylation is 1. The fraction of sp³-hybridized carbons (Fsp3) is 0.107. The van der Waals surface area contributed by atoms with E-state index < -0.39 is 12.1 Å². The van der Waals surface area contributed by atoms with Gasteiger partial charge in [0.15, 0.2) is 0 Å². The molecule has 200 valence electrons. The first-order valence-electron chi connectivity index (χ1n) is 12.1. The number of carboxylic acids is 1. The first-order chi connectivity index (χ1) is 19.4. The lowest BCUT2D eigenvalue weighted by atomic mass is 10.1. The molecule has 2 aromatic carbocycles. The molecule has 9 nitrogen and oxygen atoms in total. The highest BCUT2D eigenvalue weighted by atomic mass is 32.1. The van der Waals surface area contributed by atoms with E-state index in [9.17, 15) is 9.59 Å². The summed E-state index contributed by atoms with van der Waals surface area (Å²) in [4.78, 5) is 26.4. The smallest absolute Gasteiger partial charge is 0.412 e. The number of aliphatic carboxylic acids is 1. The van der Waals surface area contributed by atoms with Gasteiger partial charge in [-0.15, -0.1) is 32.9 Å². The molecule has 1 amide bonds. The molecule has 0 saturated carbocycles. The molecule has 0 radical (unpaired) electrons. The van der Waals surface area contributed by atoms with Crippen LogP contribution in [0.3, 0.4) is 0 Å². The second-order valence-corrected chi connectivity index (χ2v) is 11.7. The minimum absolute atomic E-state index is 0.0689. The third-order valence-corrected chi connectivity index (χ3v) is 9.38. The molecule has 0 bridgehead atoms. The van der Waals surface area contributed by atoms with Crippen molar-refractivity contribution in [1.82, 2.24) is 14.6 Å². The Morgan fingerprint density at radius 1 is 0.950 bits per heavy atom. The SMILES string of the molecule is Cc1nsc(-c2cc3sc(-c4ccc(-c5nnc(CC(=O)O)o5)cc4)cc3s2)c1NC(=O)OCc1ccccc1. The zero-order chi connectivity index (χ0) is 27.6. The number of benzene rings is 2. The molecule has 6 aromatic rings. The number of ether oxygens (including phenoxy) is 1. The van der Waals surface area contributed by atoms with Gasteiger partial charge in [0.05, 0.1) is 21.1 Å². The Labute approximate surface area is 239 Å². The highest BCUT2D eigenvalue weighted by molar-refractivity contribution is 7.32. The van der Waals surface area contributed by atoms with Gasteiger partial charge in [-0.2, -0.15) is 4.37 Å². The zero-order valence-corrected chi connectivity index (χ0v) is 23.4. The third kappa shape index (κ3) is 5.50. The lowest BCUT2D eigenvalue weighted by Gasteiger charge is -2.08. The van der Waals surface area contributed by atoms with Crippen molar-refractivity contribution >= 4 is 61.4 Å². The van der Waals surface area contributed by atoms with Gasteiger partial charge < -0.3 is 14.3 Å². The van der Waals surface area contributed by atoms with Crippen molar-refractivity contribution in [3.63, 3.8) is 0 Å². The van der Waals surface area contributed by atoms with E-state index in [0.717, 1.165) is 46.4 Å². The molecule has 0 saturated heterocycles. The van der Waals surface area contributed by atoms with E-state index in [-0.39, 0.29) is 24.8 Å². The second kappa shape index (κ2) is 11.0. The van der Waals surface area contributed by atoms with Crippen LogP contribution in [0, 0.1) is 6.92 Å². The van der Waals surface area contributed by atoms with Gasteiger partial charge in [0.1, 0.15) is 13.0 Å². The first kappa shape index (κ1) is 25.9. The van der Waals surface area contributed by atoms with Crippen LogP contribution < -0.4 is 5.32 Å². The fourth-order valence-electron chi connectivity index (χ4n) is 3.98. The van der Waals surface area contributed by atoms with Crippen molar-refractivity contribution < 1.29 is 23.8 Å². The van der Waals surface area contributed by atoms with Crippen molar-refractivity contribution in [1.29, 1.82) is 0 Å². The predicted molar refractivity (Wildman–Crippen MR) is 156 cm³/mol. The fourth-order valence-corrected chi connectivity index (χ4v) is 7.33. The van der Waals surface area contributed by atoms with Crippen LogP contribution >= 0.6 is 34.2 Å². The summed E-state index contributed by atoms with van der Waals surface area (Å²) in [7, 11) is 0. The summed E-state index contributed by atoms with van der Waals surface area (Å²) in [5, 5.41) is 19.5. The van der Waals surface area contributed by atoms with Crippen molar-refractivity contribution in [2.45, 2.75) is 20.0 Å². The van der Waals surface area contributed by atoms with E-state index in [1.807, 2.05) is 61.5 Å². The van der Waals surface area contributed by atoms with Crippen LogP contribution in [0.5, 0.6) is 0 Å². The molecule has 0 aliphatic carbocycles. The average molecular weight is 589 g/mol. The minimum atomic E-state index is -1.02. The van der Waals surface area contributed by atoms with Gasteiger partial charge in [0.2, 0.25) is 11.8 Å². The summed E-state index contributed by atoms with van der Waals surface area (Å²) in [6, 6.07) is 21.5. The monoisotopic (exact) mass is 588 g/mol. The molecule has 40 heavy (non-hydrogen) atoms. The summed E-state index contributed by atoms with van der Waals surface area (Å²) < 4.78 is 17.6. The molecule has 0 fully saturated rings. The van der Waals surface area contributed by atoms with Crippen LogP contribution in [0.1, 0.15) is 17.1 Å². The predicted octanol–water partition coefficient (Wildman–Crippen LogP) is 7.49. The highest BCUT2D eigenvalue weighted by Gasteiger charge is 2.19. The lowest BCUT2D eigenvalue weighted by Crippen LogP contribution is -2.14. The normalized spacial score (nSPS) is 11.1. The number of rotatable bonds is 8. The number of thiophene rings is 2. The molecule has 12 heteroatoms. The van der Waals surface area contributed by atoms with E-state index in [4.69, 9.17) is 14.3 Å². The number of nitrogens with zero attached hydrogens (tertiary/aromatic N) is 3. The maximum absolute atomic E-state index is 12.5. The number of carboxylic acid groups (broad SMARTS) is 1. The Morgan fingerprint density at radius 2 is 1.65 bits per heavy atom. The number of hydrogen-bond donors (Lipinski definition) is 2. The topological polar surface area (TPSA) is 127 Å². The van der Waals surface area contributed by atoms with Crippen LogP contribution in [0.25, 0.3) is 41.0 Å². The molecule has 6 rings (SSSR count). The standard InChI is InChI=1S/C28H20N4O5S3/c1-15-25(29-28(35)36-14-16-5-3-2-4-6-16)26(40-32-15)22-12-21-20(39-22)11-19(38-21)17-7-9-18(10-8-17)27-31-30-23(37-27)13-24(33)34/h2-12H,13-14H2,1H3,(H,29,35)(H,33,34). The summed E-state index contributed by atoms with van der Waals surface area (Å²) in [6.45, 7) is 2.06. The van der Waals surface area contributed by atoms with E-state index in [1.54, 1.807) is 22.7 Å². The summed E-state index contributed by atoms with van der Waals surface area (Å²) >= 11 is 4.67. The molecule has 0 aliphatic rings. The van der Waals surface area contributed by atoms with Gasteiger partial charge in [-0.3, -0.25) is 10.1 Å². The molecule has 4 aromatic heterocycles. The third-order valence-electron chi connectivity index (χ3n) is 5.92. The van der Waals surface area contributed by atoms with E-state index >= 15 is 0 Å². The number of amides is 1. The maximum Gasteiger partial charge on any atom is 0.412 e. The van der Waals surface area contributed by atoms with Crippen LogP contribution in [0.15, 0.2) is 71.1 Å². The van der Waals surface area contributed by atoms with Crippen molar-refractivity contribution in [2.75, 3.05) is 5.32 Å². The van der Waals surface area contributed by atoms with Gasteiger partial charge >= 0.3 is 12.1 Å². The average Bonchev–Trinajstić information content (AvgIpc) is 3.73. The highest BCUT2D eigenvalue weighted by Crippen LogP contribution is 2.45. The Kier molecular flexibility index (Phi) is 7.11. The van der Waals surface area contributed by atoms with E-state index in [0.29, 0.717) is 5.69 Å². The number of carbonyl (C=O) groups excluding carboxylic acids is 1. The van der Waals surface area contributed by atoms with Gasteiger partial charge in [-0.25, -0.2) is 4.79 Å². The Morgan fingerprint density at radius 3 is 2.40 bits per heavy atom. The largest absolute Gasteiger partial charge is 0.481 e. The number of carbonyl (C=O) groups is 2. The molecule has 0 atom stereocenters. The van der Waals surface area contributed by atoms with Crippen molar-refractivity contribution in [3.8, 4) is 31.6 Å². The van der Waals surface area contributed by atoms with Gasteiger partial charge in [-0.05, 0) is 53.8 Å². The van der Waals surface area contributed by atoms with Gasteiger partial charge in [0, 0.05) is 19.8 Å². The molecule has 2 N–H and O–H groups in total. The Bertz CT molecular complexity index is 1790. The maximum atomic E-state index is 12.5. The number of anilines is 1. The quantitative estimate of drug-likeness (QED) is 0.187. The second-order valence-electron chi connectivity index (χ2n) is 8.76. The number of hydrogen-bond acceptors (Lipinski definition) is 10. The molecule has 0 unspecified atom stereocenters. The van der Waals surface area contributed by atoms with Crippen LogP contribution in [0.2, 0.25) is 0 Å². The minimum Gasteiger partial charge on any atom is -0.481 e. The van der Waals surface area contributed by atoms with E-state index in [2.05, 4.69) is 32.0 Å². The van der Waals surface area contributed by atoms with Gasteiger partial charge in [-0.1, -0.05) is 42.5 Å². The van der Waals surface area contributed by atoms with Crippen molar-refractivity contribution in [2.24, 2.45) is 0 Å². The molecule has 4 heterocycles. The molecular weight excluding hydrogens is 569 g/mol. The van der Waals surface area contributed by atoms with Crippen LogP contribution in [-0.2, 0) is 22.6 Å². The Balaban J connectivity index is 1.17. The Hall–Kier alpha value is -4.39. The van der Waals surface area contributed by atoms with E-state index in [1.165, 1.54) is 11.5 Å². The first-order valence-corrected chi connectivity index (χ1v) is 14.5. The number of aromatic nitrogens is 3. The van der Waals surface area contributed by atoms with Crippen molar-refractivity contribution in [3.05, 3.63) is 83.9 Å². The number of fused-ring (bicyclic) bond motifs is 1. The van der Waals surface area contributed by atoms with Gasteiger partial charge in [0.25, 0.3) is 0 Å².